The summed E-state index contributed by atoms with van der Waals surface area (Å²) in [6.07, 6.45) is 4.67. The van der Waals surface area contributed by atoms with E-state index in [1.165, 1.54) is 18.2 Å². The minimum Gasteiger partial charge on any atom is -0.373 e. The summed E-state index contributed by atoms with van der Waals surface area (Å²) in [7, 11) is -3.74. The molecule has 0 atom stereocenters. The third-order valence-electron chi connectivity index (χ3n) is 7.11. The Labute approximate surface area is 215 Å². The SMILES string of the molecule is O=C(NS(=O)(=O)C1CC1)c1cc(C2CC2)c(CN2CCC(OCc3ccc(F)cc3Cl)CC2)cc1F. The van der Waals surface area contributed by atoms with Gasteiger partial charge in [-0.1, -0.05) is 17.7 Å². The lowest BCUT2D eigenvalue weighted by Gasteiger charge is -2.32. The molecule has 3 fully saturated rings. The molecule has 10 heteroatoms. The quantitative estimate of drug-likeness (QED) is 0.491. The molecule has 2 aliphatic carbocycles. The van der Waals surface area contributed by atoms with Gasteiger partial charge in [-0.25, -0.2) is 21.9 Å². The zero-order chi connectivity index (χ0) is 25.4. The highest BCUT2D eigenvalue weighted by Gasteiger charge is 2.38. The van der Waals surface area contributed by atoms with Crippen LogP contribution in [0.1, 0.15) is 71.5 Å². The molecule has 1 heterocycles. The number of hydrogen-bond donors (Lipinski definition) is 1. The maximum absolute atomic E-state index is 15.0. The molecule has 0 unspecified atom stereocenters. The number of ether oxygens (including phenoxy) is 1. The molecule has 1 saturated heterocycles. The zero-order valence-electron chi connectivity index (χ0n) is 19.8. The molecule has 36 heavy (non-hydrogen) atoms. The van der Waals surface area contributed by atoms with Gasteiger partial charge in [0.2, 0.25) is 10.0 Å². The number of carbonyl (C=O) groups is 1. The zero-order valence-corrected chi connectivity index (χ0v) is 21.4. The number of nitrogens with zero attached hydrogens (tertiary/aromatic N) is 1. The highest BCUT2D eigenvalue weighted by Crippen LogP contribution is 2.43. The van der Waals surface area contributed by atoms with Crippen LogP contribution in [0, 0.1) is 11.6 Å². The number of benzene rings is 2. The van der Waals surface area contributed by atoms with Gasteiger partial charge >= 0.3 is 0 Å². The van der Waals surface area contributed by atoms with E-state index in [1.54, 1.807) is 12.1 Å². The average Bonchev–Trinajstić information content (AvgIpc) is 3.72. The number of piperidine rings is 1. The van der Waals surface area contributed by atoms with E-state index >= 15 is 0 Å². The lowest BCUT2D eigenvalue weighted by atomic mass is 9.97. The molecule has 2 saturated carbocycles. The number of sulfonamides is 1. The fourth-order valence-corrected chi connectivity index (χ4v) is 6.20. The monoisotopic (exact) mass is 538 g/mol. The standard InChI is InChI=1S/C26H29ClF2N2O4S/c27-24-12-19(28)4-3-17(24)15-35-20-7-9-31(10-8-20)14-18-11-25(29)23(13-22(18)16-1-2-16)26(32)30-36(33,34)21-5-6-21/h3-4,11-13,16,20-21H,1-2,5-10,14-15H2,(H,30,32). The van der Waals surface area contributed by atoms with Crippen LogP contribution in [-0.2, 0) is 27.9 Å². The Morgan fingerprint density at radius 3 is 2.39 bits per heavy atom. The fourth-order valence-electron chi connectivity index (χ4n) is 4.68. The normalized spacial score (nSPS) is 19.4. The summed E-state index contributed by atoms with van der Waals surface area (Å²) >= 11 is 6.08. The lowest BCUT2D eigenvalue weighted by Crippen LogP contribution is -2.37. The third-order valence-corrected chi connectivity index (χ3v) is 9.28. The van der Waals surface area contributed by atoms with E-state index in [1.807, 2.05) is 4.72 Å². The second kappa shape index (κ2) is 10.4. The molecule has 0 aromatic heterocycles. The Morgan fingerprint density at radius 1 is 1.03 bits per heavy atom. The van der Waals surface area contributed by atoms with E-state index in [9.17, 15) is 22.0 Å². The number of likely N-dealkylation sites (tertiary alicyclic amines) is 1. The van der Waals surface area contributed by atoms with Crippen molar-refractivity contribution in [1.29, 1.82) is 0 Å². The Balaban J connectivity index is 1.20. The van der Waals surface area contributed by atoms with Crippen molar-refractivity contribution in [1.82, 2.24) is 9.62 Å². The van der Waals surface area contributed by atoms with E-state index in [2.05, 4.69) is 4.90 Å². The van der Waals surface area contributed by atoms with Crippen molar-refractivity contribution in [2.75, 3.05) is 13.1 Å². The highest BCUT2D eigenvalue weighted by atomic mass is 35.5. The van der Waals surface area contributed by atoms with Crippen LogP contribution >= 0.6 is 11.6 Å². The average molecular weight is 539 g/mol. The van der Waals surface area contributed by atoms with E-state index in [0.29, 0.717) is 31.0 Å². The molecule has 2 aromatic carbocycles. The topological polar surface area (TPSA) is 75.7 Å². The molecule has 0 bridgehead atoms. The molecular formula is C26H29ClF2N2O4S. The van der Waals surface area contributed by atoms with Gasteiger partial charge in [-0.2, -0.15) is 0 Å². The van der Waals surface area contributed by atoms with E-state index in [-0.39, 0.29) is 23.4 Å². The van der Waals surface area contributed by atoms with Crippen molar-refractivity contribution in [3.8, 4) is 0 Å². The maximum atomic E-state index is 15.0. The van der Waals surface area contributed by atoms with Crippen LogP contribution in [0.2, 0.25) is 5.02 Å². The summed E-state index contributed by atoms with van der Waals surface area (Å²) in [5, 5.41) is -0.199. The van der Waals surface area contributed by atoms with E-state index in [4.69, 9.17) is 16.3 Å². The summed E-state index contributed by atoms with van der Waals surface area (Å²) in [6.45, 7) is 2.42. The largest absolute Gasteiger partial charge is 0.373 e. The van der Waals surface area contributed by atoms with Gasteiger partial charge < -0.3 is 4.74 Å². The number of rotatable bonds is 9. The van der Waals surface area contributed by atoms with Crippen LogP contribution in [0.3, 0.4) is 0 Å². The molecule has 1 amide bonds. The van der Waals surface area contributed by atoms with E-state index < -0.39 is 27.0 Å². The van der Waals surface area contributed by atoms with Crippen LogP contribution in [-0.4, -0.2) is 43.7 Å². The molecular weight excluding hydrogens is 510 g/mol. The van der Waals surface area contributed by atoms with Gasteiger partial charge in [-0.3, -0.25) is 9.69 Å². The number of carbonyl (C=O) groups excluding carboxylic acids is 1. The summed E-state index contributed by atoms with van der Waals surface area (Å²) in [6, 6.07) is 7.21. The summed E-state index contributed by atoms with van der Waals surface area (Å²) in [5.74, 6) is -1.70. The number of halogens is 3. The molecule has 6 nitrogen and oxygen atoms in total. The number of nitrogens with one attached hydrogen (secondary N) is 1. The van der Waals surface area contributed by atoms with Gasteiger partial charge in [0.15, 0.2) is 0 Å². The molecule has 3 aliphatic rings. The Hall–Kier alpha value is -2.07. The van der Waals surface area contributed by atoms with Crippen LogP contribution < -0.4 is 4.72 Å². The van der Waals surface area contributed by atoms with Gasteiger partial charge in [0, 0.05) is 24.7 Å². The molecule has 194 valence electrons. The van der Waals surface area contributed by atoms with Crippen molar-refractivity contribution in [2.45, 2.75) is 68.9 Å². The van der Waals surface area contributed by atoms with Gasteiger partial charge in [0.05, 0.1) is 23.5 Å². The first-order chi connectivity index (χ1) is 17.2. The molecule has 0 spiro atoms. The van der Waals surface area contributed by atoms with Gasteiger partial charge in [0.1, 0.15) is 11.6 Å². The van der Waals surface area contributed by atoms with Gasteiger partial charge in [-0.15, -0.1) is 0 Å². The predicted molar refractivity (Wildman–Crippen MR) is 132 cm³/mol. The summed E-state index contributed by atoms with van der Waals surface area (Å²) < 4.78 is 60.5. The van der Waals surface area contributed by atoms with Crippen molar-refractivity contribution >= 4 is 27.5 Å². The summed E-state index contributed by atoms with van der Waals surface area (Å²) in [4.78, 5) is 14.8. The smallest absolute Gasteiger partial charge is 0.267 e. The van der Waals surface area contributed by atoms with Crippen LogP contribution in [0.4, 0.5) is 8.78 Å². The Bertz CT molecular complexity index is 1260. The molecule has 0 radical (unpaired) electrons. The second-order valence-electron chi connectivity index (χ2n) is 10.0. The Morgan fingerprint density at radius 2 is 1.75 bits per heavy atom. The minimum atomic E-state index is -3.74. The maximum Gasteiger partial charge on any atom is 0.267 e. The first kappa shape index (κ1) is 25.6. The fraction of sp³-hybridized carbons (Fsp3) is 0.500. The minimum absolute atomic E-state index is 0.0569. The van der Waals surface area contributed by atoms with Crippen LogP contribution in [0.15, 0.2) is 30.3 Å². The Kier molecular flexibility index (Phi) is 7.36. The van der Waals surface area contributed by atoms with Crippen LogP contribution in [0.5, 0.6) is 0 Å². The van der Waals surface area contributed by atoms with E-state index in [0.717, 1.165) is 55.5 Å². The van der Waals surface area contributed by atoms with Crippen molar-refractivity contribution in [2.24, 2.45) is 0 Å². The van der Waals surface area contributed by atoms with Gasteiger partial charge in [-0.05, 0) is 85.4 Å². The summed E-state index contributed by atoms with van der Waals surface area (Å²) in [5.41, 5.74) is 2.30. The lowest BCUT2D eigenvalue weighted by molar-refractivity contribution is -0.00398. The van der Waals surface area contributed by atoms with Crippen molar-refractivity contribution < 1.29 is 26.7 Å². The molecule has 5 rings (SSSR count). The second-order valence-corrected chi connectivity index (χ2v) is 12.4. The highest BCUT2D eigenvalue weighted by molar-refractivity contribution is 7.91. The first-order valence-corrected chi connectivity index (χ1v) is 14.3. The molecule has 1 N–H and O–H groups in total. The molecule has 2 aromatic rings. The van der Waals surface area contributed by atoms with Crippen molar-refractivity contribution in [3.05, 3.63) is 69.2 Å². The van der Waals surface area contributed by atoms with Gasteiger partial charge in [0.25, 0.3) is 5.91 Å². The first-order valence-electron chi connectivity index (χ1n) is 12.4. The van der Waals surface area contributed by atoms with Crippen molar-refractivity contribution in [3.63, 3.8) is 0 Å². The number of hydrogen-bond acceptors (Lipinski definition) is 5. The predicted octanol–water partition coefficient (Wildman–Crippen LogP) is 4.90. The third kappa shape index (κ3) is 6.07. The van der Waals surface area contributed by atoms with Crippen LogP contribution in [0.25, 0.3) is 0 Å². The molecule has 1 aliphatic heterocycles. The number of amides is 1.